The van der Waals surface area contributed by atoms with Crippen LogP contribution in [0.2, 0.25) is 0 Å². The van der Waals surface area contributed by atoms with Crippen LogP contribution in [0.15, 0.2) is 297 Å². The van der Waals surface area contributed by atoms with E-state index in [0.29, 0.717) is 49.5 Å². The van der Waals surface area contributed by atoms with Crippen molar-refractivity contribution >= 4 is 40.0 Å². The van der Waals surface area contributed by atoms with Crippen molar-refractivity contribution in [3.8, 4) is 79.0 Å². The summed E-state index contributed by atoms with van der Waals surface area (Å²) >= 11 is 5.66. The molecule has 2 amide bonds. The van der Waals surface area contributed by atoms with Crippen molar-refractivity contribution in [1.82, 2.24) is 24.8 Å². The molecule has 0 saturated carbocycles. The van der Waals surface area contributed by atoms with Gasteiger partial charge in [0.15, 0.2) is 0 Å². The molecule has 0 bridgehead atoms. The Hall–Kier alpha value is -11.5. The van der Waals surface area contributed by atoms with Gasteiger partial charge < -0.3 is 29.4 Å². The van der Waals surface area contributed by atoms with Crippen molar-refractivity contribution in [2.24, 2.45) is 0 Å². The predicted molar refractivity (Wildman–Crippen MR) is 377 cm³/mol. The standard InChI is InChI=1S/C35H31N3O2.C28H25N3O2.C18H12ClNO/c39-35(30-24-33(28-12-6-2-7-13-28)36-34(25-30)29-14-8-3-9-15-29)38-22-20-37(21-23-38)31-16-18-32(19-17-31)40-26-27-10-4-1-5-11-27;32-25-13-11-24(12-14-25)30-15-17-31(18-16-30)28(33)23-19-26(21-7-3-1-4-8-21)29-27(20-23)22-9-5-2-6-10-22;19-18(21)15-11-16(13-7-3-1-4-8-13)20-17(12-15)14-9-5-2-6-10-14/h1-19,24-25H,20-23,26H2;1-14,19-20,32H,15-18H2;1-12H. The van der Waals surface area contributed by atoms with E-state index in [0.717, 1.165) is 116 Å². The lowest BCUT2D eigenvalue weighted by Crippen LogP contribution is -2.48. The summed E-state index contributed by atoms with van der Waals surface area (Å²) in [5.41, 5.74) is 15.7. The number of ether oxygens (including phenoxy) is 1. The van der Waals surface area contributed by atoms with Crippen LogP contribution in [0.3, 0.4) is 0 Å². The molecule has 14 rings (SSSR count). The van der Waals surface area contributed by atoms with E-state index >= 15 is 0 Å². The maximum Gasteiger partial charge on any atom is 0.254 e. The lowest BCUT2D eigenvalue weighted by atomic mass is 10.0. The Balaban J connectivity index is 0.000000142. The van der Waals surface area contributed by atoms with Gasteiger partial charge in [0.05, 0.1) is 34.2 Å². The number of aromatic hydroxyl groups is 1. The average Bonchev–Trinajstić information content (AvgIpc) is 0.945. The maximum absolute atomic E-state index is 13.7. The number of piperazine rings is 2. The minimum Gasteiger partial charge on any atom is -0.508 e. The van der Waals surface area contributed by atoms with Crippen molar-refractivity contribution in [3.05, 3.63) is 320 Å². The number of carbonyl (C=O) groups is 3. The second kappa shape index (κ2) is 30.6. The van der Waals surface area contributed by atoms with E-state index in [-0.39, 0.29) is 17.6 Å². The molecule has 12 nitrogen and oxygen atoms in total. The smallest absolute Gasteiger partial charge is 0.254 e. The number of amides is 2. The molecule has 12 aromatic rings. The molecule has 94 heavy (non-hydrogen) atoms. The van der Waals surface area contributed by atoms with Gasteiger partial charge in [-0.05, 0) is 102 Å². The Morgan fingerprint density at radius 2 is 0.606 bits per heavy atom. The zero-order valence-corrected chi connectivity index (χ0v) is 52.5. The Morgan fingerprint density at radius 1 is 0.340 bits per heavy atom. The van der Waals surface area contributed by atoms with Gasteiger partial charge in [-0.2, -0.15) is 0 Å². The van der Waals surface area contributed by atoms with Crippen LogP contribution in [0.25, 0.3) is 67.5 Å². The van der Waals surface area contributed by atoms with Gasteiger partial charge in [-0.1, -0.05) is 212 Å². The first-order chi connectivity index (χ1) is 46.1. The minimum atomic E-state index is -0.480. The van der Waals surface area contributed by atoms with Gasteiger partial charge in [-0.25, -0.2) is 15.0 Å². The van der Waals surface area contributed by atoms with Crippen molar-refractivity contribution in [1.29, 1.82) is 0 Å². The van der Waals surface area contributed by atoms with E-state index in [4.69, 9.17) is 26.3 Å². The summed E-state index contributed by atoms with van der Waals surface area (Å²) in [6, 6.07) is 96.2. The van der Waals surface area contributed by atoms with Crippen LogP contribution in [0, 0.1) is 0 Å². The van der Waals surface area contributed by atoms with Gasteiger partial charge in [0, 0.05) is 114 Å². The average molecular weight is 1250 g/mol. The number of pyridine rings is 3. The van der Waals surface area contributed by atoms with E-state index < -0.39 is 5.24 Å². The molecule has 5 heterocycles. The van der Waals surface area contributed by atoms with Crippen LogP contribution in [-0.4, -0.2) is 99.3 Å². The van der Waals surface area contributed by atoms with E-state index in [1.807, 2.05) is 259 Å². The van der Waals surface area contributed by atoms with Crippen molar-refractivity contribution in [2.75, 3.05) is 62.2 Å². The lowest BCUT2D eigenvalue weighted by Gasteiger charge is -2.36. The molecule has 464 valence electrons. The Morgan fingerprint density at radius 3 is 0.894 bits per heavy atom. The fourth-order valence-electron chi connectivity index (χ4n) is 11.4. The summed E-state index contributed by atoms with van der Waals surface area (Å²) < 4.78 is 5.94. The Kier molecular flexibility index (Phi) is 20.4. The number of hydrogen-bond acceptors (Lipinski definition) is 10. The van der Waals surface area contributed by atoms with Crippen molar-refractivity contribution in [3.63, 3.8) is 0 Å². The van der Waals surface area contributed by atoms with Gasteiger partial charge >= 0.3 is 0 Å². The van der Waals surface area contributed by atoms with E-state index in [2.05, 4.69) is 39.0 Å². The fourth-order valence-corrected chi connectivity index (χ4v) is 11.5. The quantitative estimate of drug-likeness (QED) is 0.105. The first kappa shape index (κ1) is 62.7. The molecule has 13 heteroatoms. The molecule has 1 N–H and O–H groups in total. The Bertz CT molecular complexity index is 4270. The normalized spacial score (nSPS) is 12.7. The molecule has 9 aromatic carbocycles. The van der Waals surface area contributed by atoms with Crippen molar-refractivity contribution in [2.45, 2.75) is 6.61 Å². The summed E-state index contributed by atoms with van der Waals surface area (Å²) in [6.07, 6.45) is 0. The summed E-state index contributed by atoms with van der Waals surface area (Å²) in [6.45, 7) is 6.21. The van der Waals surface area contributed by atoms with Gasteiger partial charge in [-0.15, -0.1) is 0 Å². The molecule has 0 atom stereocenters. The third-order valence-electron chi connectivity index (χ3n) is 16.4. The number of hydrogen-bond donors (Lipinski definition) is 1. The summed E-state index contributed by atoms with van der Waals surface area (Å²) in [5, 5.41) is 9.05. The SMILES string of the molecule is O=C(Cl)c1cc(-c2ccccc2)nc(-c2ccccc2)c1.O=C(c1cc(-c2ccccc2)nc(-c2ccccc2)c1)N1CCN(c2ccc(O)cc2)CC1.O=C(c1cc(-c2ccccc2)nc(-c2ccccc2)c1)N1CCN(c2ccc(OCc3ccccc3)cc2)CC1. The molecule has 2 saturated heterocycles. The second-order valence-electron chi connectivity index (χ2n) is 22.7. The van der Waals surface area contributed by atoms with E-state index in [1.165, 1.54) is 0 Å². The van der Waals surface area contributed by atoms with E-state index in [9.17, 15) is 19.5 Å². The highest BCUT2D eigenvalue weighted by Gasteiger charge is 2.26. The number of rotatable bonds is 14. The first-order valence-electron chi connectivity index (χ1n) is 31.4. The van der Waals surface area contributed by atoms with Crippen LogP contribution < -0.4 is 14.5 Å². The largest absolute Gasteiger partial charge is 0.508 e. The molecule has 0 unspecified atom stereocenters. The summed E-state index contributed by atoms with van der Waals surface area (Å²) in [5.74, 6) is 1.18. The number of halogens is 1. The summed E-state index contributed by atoms with van der Waals surface area (Å²) in [4.78, 5) is 61.6. The van der Waals surface area contributed by atoms with Gasteiger partial charge in [0.25, 0.3) is 17.1 Å². The second-order valence-corrected chi connectivity index (χ2v) is 23.0. The third kappa shape index (κ3) is 16.2. The molecular formula is C81H68ClN7O5. The molecule has 3 aromatic heterocycles. The number of anilines is 2. The monoisotopic (exact) mass is 1250 g/mol. The molecule has 2 fully saturated rings. The molecule has 0 aliphatic carbocycles. The summed E-state index contributed by atoms with van der Waals surface area (Å²) in [7, 11) is 0. The van der Waals surface area contributed by atoms with Gasteiger partial charge in [0.1, 0.15) is 18.1 Å². The third-order valence-corrected chi connectivity index (χ3v) is 16.6. The highest BCUT2D eigenvalue weighted by Crippen LogP contribution is 2.31. The van der Waals surface area contributed by atoms with Crippen LogP contribution in [0.1, 0.15) is 36.6 Å². The van der Waals surface area contributed by atoms with Crippen LogP contribution in [0.4, 0.5) is 11.4 Å². The number of phenolic OH excluding ortho intramolecular Hbond substituents is 1. The first-order valence-corrected chi connectivity index (χ1v) is 31.7. The molecule has 2 aliphatic rings. The van der Waals surface area contributed by atoms with Crippen LogP contribution >= 0.6 is 11.6 Å². The topological polar surface area (TPSA) is 132 Å². The predicted octanol–water partition coefficient (Wildman–Crippen LogP) is 16.8. The van der Waals surface area contributed by atoms with Crippen LogP contribution in [-0.2, 0) is 6.61 Å². The lowest BCUT2D eigenvalue weighted by molar-refractivity contribution is 0.0739. The molecular weight excluding hydrogens is 1190 g/mol. The fraction of sp³-hybridized carbons (Fsp3) is 0.111. The molecule has 0 spiro atoms. The molecule has 0 radical (unpaired) electrons. The zero-order chi connectivity index (χ0) is 64.4. The van der Waals surface area contributed by atoms with Gasteiger partial charge in [0.2, 0.25) is 0 Å². The number of phenols is 1. The number of carbonyl (C=O) groups excluding carboxylic acids is 3. The number of nitrogens with zero attached hydrogens (tertiary/aromatic N) is 7. The number of aromatic nitrogens is 3. The highest BCUT2D eigenvalue weighted by molar-refractivity contribution is 6.67. The highest BCUT2D eigenvalue weighted by atomic mass is 35.5. The van der Waals surface area contributed by atoms with Gasteiger partial charge in [-0.3, -0.25) is 14.4 Å². The molecule has 2 aliphatic heterocycles. The zero-order valence-electron chi connectivity index (χ0n) is 51.7. The van der Waals surface area contributed by atoms with Crippen LogP contribution in [0.5, 0.6) is 11.5 Å². The van der Waals surface area contributed by atoms with Crippen molar-refractivity contribution < 1.29 is 24.2 Å². The Labute approximate surface area is 553 Å². The maximum atomic E-state index is 13.7. The minimum absolute atomic E-state index is 0.0251. The number of benzene rings is 9. The van der Waals surface area contributed by atoms with E-state index in [1.54, 1.807) is 24.3 Å².